The van der Waals surface area contributed by atoms with Crippen LogP contribution < -0.4 is 0 Å². The molecule has 6 nitrogen and oxygen atoms in total. The van der Waals surface area contributed by atoms with E-state index in [-0.39, 0.29) is 31.2 Å². The molecule has 2 aromatic carbocycles. The summed E-state index contributed by atoms with van der Waals surface area (Å²) in [6, 6.07) is 20.5. The standard InChI is InChI=1S/C18H16N3.C8H7NO2.Ir/c1-18(2,3)17-20-13-9-5-4-8-12(13)16-19-14-10-6-7-11-15(14)21(16)17;1-2-6-3-4-7(8(10)11)9-5-6;/h4-7,9-11H,1-3H3;2-5H,1H2,(H,10,11);/q-1;;. The molecule has 169 valence electrons. The third-order valence-corrected chi connectivity index (χ3v) is 4.97. The van der Waals surface area contributed by atoms with E-state index in [2.05, 4.69) is 48.9 Å². The number of pyridine rings is 1. The third kappa shape index (κ3) is 4.85. The van der Waals surface area contributed by atoms with Crippen LogP contribution >= 0.6 is 0 Å². The molecule has 0 bridgehead atoms. The van der Waals surface area contributed by atoms with Crippen LogP contribution in [0, 0.1) is 6.07 Å². The Bertz CT molecular complexity index is 1450. The van der Waals surface area contributed by atoms with Gasteiger partial charge in [-0.05, 0) is 29.3 Å². The average molecular weight is 616 g/mol. The van der Waals surface area contributed by atoms with Crippen LogP contribution in [0.15, 0.2) is 67.4 Å². The maximum absolute atomic E-state index is 10.3. The molecular formula is C26H23IrN4O2-. The normalized spacial score (nSPS) is 11.0. The first-order valence-electron chi connectivity index (χ1n) is 10.2. The number of carboxylic acid groups (broad SMARTS) is 1. The predicted octanol–water partition coefficient (Wildman–Crippen LogP) is 5.55. The molecule has 0 amide bonds. The molecule has 0 aliphatic rings. The van der Waals surface area contributed by atoms with Crippen LogP contribution in [-0.4, -0.2) is 30.4 Å². The number of aromatic nitrogens is 4. The van der Waals surface area contributed by atoms with E-state index in [1.54, 1.807) is 12.1 Å². The zero-order valence-corrected chi connectivity index (χ0v) is 20.9. The molecule has 0 saturated heterocycles. The molecule has 1 radical (unpaired) electrons. The molecule has 3 heterocycles. The van der Waals surface area contributed by atoms with E-state index in [1.165, 1.54) is 12.3 Å². The third-order valence-electron chi connectivity index (χ3n) is 4.97. The van der Waals surface area contributed by atoms with Crippen LogP contribution in [0.4, 0.5) is 0 Å². The van der Waals surface area contributed by atoms with Crippen molar-refractivity contribution in [2.24, 2.45) is 0 Å². The minimum Gasteiger partial charge on any atom is -0.477 e. The van der Waals surface area contributed by atoms with Gasteiger partial charge in [0.25, 0.3) is 0 Å². The van der Waals surface area contributed by atoms with Crippen molar-refractivity contribution in [3.05, 3.63) is 90.5 Å². The molecule has 0 aliphatic carbocycles. The topological polar surface area (TPSA) is 80.4 Å². The molecule has 0 aliphatic heterocycles. The summed E-state index contributed by atoms with van der Waals surface area (Å²) < 4.78 is 2.17. The van der Waals surface area contributed by atoms with Gasteiger partial charge in [0.2, 0.25) is 0 Å². The molecule has 3 aromatic heterocycles. The first kappa shape index (κ1) is 24.2. The number of aromatic carboxylic acids is 1. The van der Waals surface area contributed by atoms with Crippen LogP contribution in [0.5, 0.6) is 0 Å². The number of para-hydroxylation sites is 2. The Kier molecular flexibility index (Phi) is 7.06. The van der Waals surface area contributed by atoms with E-state index in [4.69, 9.17) is 15.1 Å². The number of benzene rings is 2. The van der Waals surface area contributed by atoms with Gasteiger partial charge in [-0.3, -0.25) is 9.97 Å². The minimum absolute atomic E-state index is 0. The maximum Gasteiger partial charge on any atom is 0.354 e. The molecule has 0 atom stereocenters. The molecule has 0 spiro atoms. The van der Waals surface area contributed by atoms with Crippen molar-refractivity contribution in [3.8, 4) is 0 Å². The first-order valence-corrected chi connectivity index (χ1v) is 10.2. The second-order valence-electron chi connectivity index (χ2n) is 8.36. The van der Waals surface area contributed by atoms with Gasteiger partial charge in [0.05, 0.1) is 16.7 Å². The molecular weight excluding hydrogens is 593 g/mol. The molecule has 5 rings (SSSR count). The van der Waals surface area contributed by atoms with Crippen molar-refractivity contribution in [1.82, 2.24) is 19.4 Å². The summed E-state index contributed by atoms with van der Waals surface area (Å²) in [6.45, 7) is 10.1. The summed E-state index contributed by atoms with van der Waals surface area (Å²) in [5.41, 5.74) is 4.78. The summed E-state index contributed by atoms with van der Waals surface area (Å²) in [5, 5.41) is 9.43. The quantitative estimate of drug-likeness (QED) is 0.264. The molecule has 0 unspecified atom stereocenters. The summed E-state index contributed by atoms with van der Waals surface area (Å²) in [5.74, 6) is 0.0129. The Balaban J connectivity index is 0.000000219. The van der Waals surface area contributed by atoms with Gasteiger partial charge in [-0.2, -0.15) is 0 Å². The number of imidazole rings is 1. The zero-order chi connectivity index (χ0) is 22.9. The van der Waals surface area contributed by atoms with Gasteiger partial charge in [-0.1, -0.05) is 57.0 Å². The second-order valence-corrected chi connectivity index (χ2v) is 8.36. The van der Waals surface area contributed by atoms with Gasteiger partial charge in [0.15, 0.2) is 0 Å². The molecule has 0 saturated carbocycles. The van der Waals surface area contributed by atoms with Gasteiger partial charge in [0, 0.05) is 31.7 Å². The van der Waals surface area contributed by atoms with Gasteiger partial charge < -0.3 is 9.51 Å². The monoisotopic (exact) mass is 616 g/mol. The van der Waals surface area contributed by atoms with E-state index in [9.17, 15) is 4.79 Å². The fraction of sp³-hybridized carbons (Fsp3) is 0.154. The van der Waals surface area contributed by atoms with E-state index in [0.717, 1.165) is 39.0 Å². The van der Waals surface area contributed by atoms with Crippen LogP contribution in [0.3, 0.4) is 0 Å². The van der Waals surface area contributed by atoms with Crippen LogP contribution in [0.25, 0.3) is 33.7 Å². The average Bonchev–Trinajstić information content (AvgIpc) is 3.18. The number of hydrogen-bond donors (Lipinski definition) is 1. The van der Waals surface area contributed by atoms with Gasteiger partial charge in [-0.15, -0.1) is 24.3 Å². The Morgan fingerprint density at radius 1 is 1.06 bits per heavy atom. The predicted molar refractivity (Wildman–Crippen MR) is 127 cm³/mol. The molecule has 5 aromatic rings. The van der Waals surface area contributed by atoms with E-state index >= 15 is 0 Å². The molecule has 0 fully saturated rings. The minimum atomic E-state index is -1.01. The largest absolute Gasteiger partial charge is 0.477 e. The number of carbonyl (C=O) groups is 1. The van der Waals surface area contributed by atoms with Gasteiger partial charge >= 0.3 is 5.97 Å². The second kappa shape index (κ2) is 9.61. The number of rotatable bonds is 2. The number of carboxylic acids is 1. The summed E-state index contributed by atoms with van der Waals surface area (Å²) in [7, 11) is 0. The van der Waals surface area contributed by atoms with Crippen LogP contribution in [0.2, 0.25) is 0 Å². The summed E-state index contributed by atoms with van der Waals surface area (Å²) >= 11 is 0. The van der Waals surface area contributed by atoms with E-state index in [0.29, 0.717) is 0 Å². The number of fused-ring (bicyclic) bond motifs is 5. The van der Waals surface area contributed by atoms with Crippen molar-refractivity contribution in [2.75, 3.05) is 0 Å². The fourth-order valence-electron chi connectivity index (χ4n) is 3.43. The maximum atomic E-state index is 10.3. The Morgan fingerprint density at radius 2 is 1.79 bits per heavy atom. The molecule has 33 heavy (non-hydrogen) atoms. The van der Waals surface area contributed by atoms with Gasteiger partial charge in [0.1, 0.15) is 11.5 Å². The number of hydrogen-bond acceptors (Lipinski definition) is 4. The first-order chi connectivity index (χ1) is 15.3. The van der Waals surface area contributed by atoms with Crippen molar-refractivity contribution in [2.45, 2.75) is 26.2 Å². The number of nitrogens with zero attached hydrogens (tertiary/aromatic N) is 4. The summed E-state index contributed by atoms with van der Waals surface area (Å²) in [4.78, 5) is 23.7. The Morgan fingerprint density at radius 3 is 2.42 bits per heavy atom. The fourth-order valence-corrected chi connectivity index (χ4v) is 3.43. The molecule has 1 N–H and O–H groups in total. The van der Waals surface area contributed by atoms with Crippen LogP contribution in [-0.2, 0) is 25.5 Å². The van der Waals surface area contributed by atoms with Crippen molar-refractivity contribution in [1.29, 1.82) is 0 Å². The Hall–Kier alpha value is -3.41. The smallest absolute Gasteiger partial charge is 0.354 e. The van der Waals surface area contributed by atoms with Crippen molar-refractivity contribution < 1.29 is 30.0 Å². The SMILES string of the molecule is C=Cc1ccc(C(=O)O)nc1.CC(C)(C)c1nc2ccc[c-]c2c2nc3ccccc3n12.[Ir]. The van der Waals surface area contributed by atoms with Gasteiger partial charge in [-0.25, -0.2) is 9.78 Å². The molecule has 7 heteroatoms. The van der Waals surface area contributed by atoms with E-state index in [1.807, 2.05) is 36.4 Å². The van der Waals surface area contributed by atoms with Crippen molar-refractivity contribution in [3.63, 3.8) is 0 Å². The Labute approximate surface area is 205 Å². The van der Waals surface area contributed by atoms with Crippen molar-refractivity contribution >= 4 is 39.6 Å². The van der Waals surface area contributed by atoms with E-state index < -0.39 is 5.97 Å². The van der Waals surface area contributed by atoms with Crippen LogP contribution in [0.1, 0.15) is 42.6 Å². The summed E-state index contributed by atoms with van der Waals surface area (Å²) in [6.07, 6.45) is 3.08. The zero-order valence-electron chi connectivity index (χ0n) is 18.5.